The summed E-state index contributed by atoms with van der Waals surface area (Å²) in [5.41, 5.74) is 0.503. The maximum absolute atomic E-state index is 13.2. The highest BCUT2D eigenvalue weighted by molar-refractivity contribution is 5.97. The number of benzene rings is 1. The van der Waals surface area contributed by atoms with E-state index in [2.05, 4.69) is 5.32 Å². The number of likely N-dealkylation sites (tertiary alicyclic amines) is 2. The second-order valence-corrected chi connectivity index (χ2v) is 7.78. The Bertz CT molecular complexity index is 720. The van der Waals surface area contributed by atoms with Gasteiger partial charge in [-0.05, 0) is 55.9 Å². The largest absolute Gasteiger partial charge is 0.497 e. The normalized spacial score (nSPS) is 18.4. The third-order valence-corrected chi connectivity index (χ3v) is 5.99. The highest BCUT2D eigenvalue weighted by Gasteiger charge is 2.36. The summed E-state index contributed by atoms with van der Waals surface area (Å²) in [7, 11) is 1.58. The maximum atomic E-state index is 13.2. The summed E-state index contributed by atoms with van der Waals surface area (Å²) in [6.07, 6.45) is 3.95. The minimum Gasteiger partial charge on any atom is -0.497 e. The van der Waals surface area contributed by atoms with Crippen LogP contribution in [-0.4, -0.2) is 66.9 Å². The first-order valence-corrected chi connectivity index (χ1v) is 10.5. The fourth-order valence-electron chi connectivity index (χ4n) is 4.19. The molecule has 29 heavy (non-hydrogen) atoms. The van der Waals surface area contributed by atoms with Gasteiger partial charge in [-0.3, -0.25) is 14.4 Å². The Morgan fingerprint density at radius 3 is 2.21 bits per heavy atom. The predicted molar refractivity (Wildman–Crippen MR) is 110 cm³/mol. The lowest BCUT2D eigenvalue weighted by atomic mass is 9.88. The van der Waals surface area contributed by atoms with E-state index < -0.39 is 6.04 Å². The van der Waals surface area contributed by atoms with Crippen molar-refractivity contribution < 1.29 is 19.1 Å². The lowest BCUT2D eigenvalue weighted by Gasteiger charge is -2.37. The molecule has 1 N–H and O–H groups in total. The lowest BCUT2D eigenvalue weighted by Crippen LogP contribution is -2.54. The summed E-state index contributed by atoms with van der Waals surface area (Å²) < 4.78 is 5.14. The molecule has 2 saturated heterocycles. The van der Waals surface area contributed by atoms with E-state index >= 15 is 0 Å². The molecule has 0 radical (unpaired) electrons. The quantitative estimate of drug-likeness (QED) is 0.791. The molecule has 0 spiro atoms. The summed E-state index contributed by atoms with van der Waals surface area (Å²) in [5, 5.41) is 3.00. The van der Waals surface area contributed by atoms with Gasteiger partial charge in [-0.15, -0.1) is 0 Å². The van der Waals surface area contributed by atoms with Crippen LogP contribution < -0.4 is 10.1 Å². The number of amides is 3. The molecule has 0 saturated carbocycles. The van der Waals surface area contributed by atoms with Gasteiger partial charge in [-0.2, -0.15) is 0 Å². The molecule has 3 rings (SSSR count). The smallest absolute Gasteiger partial charge is 0.251 e. The van der Waals surface area contributed by atoms with Gasteiger partial charge >= 0.3 is 0 Å². The predicted octanol–water partition coefficient (Wildman–Crippen LogP) is 2.06. The average molecular weight is 402 g/mol. The number of ether oxygens (including phenoxy) is 1. The average Bonchev–Trinajstić information content (AvgIpc) is 3.31. The highest BCUT2D eigenvalue weighted by Crippen LogP contribution is 2.24. The molecular weight excluding hydrogens is 370 g/mol. The molecule has 158 valence electrons. The molecule has 2 aliphatic heterocycles. The third kappa shape index (κ3) is 5.08. The van der Waals surface area contributed by atoms with Crippen LogP contribution in [0.5, 0.6) is 5.75 Å². The zero-order valence-electron chi connectivity index (χ0n) is 17.4. The van der Waals surface area contributed by atoms with Gasteiger partial charge in [0.1, 0.15) is 11.8 Å². The van der Waals surface area contributed by atoms with Crippen molar-refractivity contribution in [1.29, 1.82) is 0 Å². The van der Waals surface area contributed by atoms with Crippen molar-refractivity contribution in [3.8, 4) is 5.75 Å². The summed E-state index contributed by atoms with van der Waals surface area (Å²) in [6.45, 7) is 4.64. The Morgan fingerprint density at radius 1 is 1.03 bits per heavy atom. The first kappa shape index (κ1) is 21.1. The Morgan fingerprint density at radius 2 is 1.66 bits per heavy atom. The minimum atomic E-state index is -0.554. The molecule has 3 amide bonds. The number of rotatable bonds is 6. The van der Waals surface area contributed by atoms with E-state index in [1.165, 1.54) is 0 Å². The van der Waals surface area contributed by atoms with E-state index in [9.17, 15) is 14.4 Å². The molecular formula is C22H31N3O4. The molecule has 1 atom stereocenters. The van der Waals surface area contributed by atoms with Crippen molar-refractivity contribution in [3.05, 3.63) is 29.8 Å². The number of carbonyl (C=O) groups excluding carboxylic acids is 3. The second-order valence-electron chi connectivity index (χ2n) is 7.78. The number of nitrogens with one attached hydrogen (secondary N) is 1. The van der Waals surface area contributed by atoms with Crippen LogP contribution in [0.25, 0.3) is 0 Å². The molecule has 0 bridgehead atoms. The molecule has 7 nitrogen and oxygen atoms in total. The van der Waals surface area contributed by atoms with Crippen LogP contribution in [0, 0.1) is 5.92 Å². The topological polar surface area (TPSA) is 79.0 Å². The number of carbonyl (C=O) groups is 3. The molecule has 1 aromatic carbocycles. The van der Waals surface area contributed by atoms with Crippen molar-refractivity contribution in [3.63, 3.8) is 0 Å². The van der Waals surface area contributed by atoms with Gasteiger partial charge in [0, 0.05) is 38.2 Å². The third-order valence-electron chi connectivity index (χ3n) is 5.99. The van der Waals surface area contributed by atoms with E-state index in [-0.39, 0.29) is 23.6 Å². The van der Waals surface area contributed by atoms with Gasteiger partial charge in [-0.25, -0.2) is 0 Å². The van der Waals surface area contributed by atoms with Gasteiger partial charge in [-0.1, -0.05) is 6.92 Å². The minimum absolute atomic E-state index is 0.00429. The van der Waals surface area contributed by atoms with Crippen molar-refractivity contribution in [1.82, 2.24) is 15.1 Å². The van der Waals surface area contributed by atoms with Crippen LogP contribution >= 0.6 is 0 Å². The number of methoxy groups -OCH3 is 1. The Hall–Kier alpha value is -2.57. The van der Waals surface area contributed by atoms with E-state index in [0.29, 0.717) is 30.8 Å². The molecule has 2 fully saturated rings. The Kier molecular flexibility index (Phi) is 7.12. The zero-order chi connectivity index (χ0) is 20.8. The Labute approximate surface area is 172 Å². The van der Waals surface area contributed by atoms with E-state index in [1.54, 1.807) is 31.4 Å². The molecule has 1 aromatic rings. The fourth-order valence-corrected chi connectivity index (χ4v) is 4.19. The van der Waals surface area contributed by atoms with E-state index in [0.717, 1.165) is 38.8 Å². The van der Waals surface area contributed by atoms with Crippen LogP contribution in [0.4, 0.5) is 0 Å². The molecule has 0 aliphatic carbocycles. The maximum Gasteiger partial charge on any atom is 0.251 e. The number of nitrogens with zero attached hydrogens (tertiary/aromatic N) is 2. The number of hydrogen-bond donors (Lipinski definition) is 1. The first-order chi connectivity index (χ1) is 14.0. The Balaban J connectivity index is 1.71. The van der Waals surface area contributed by atoms with Gasteiger partial charge in [0.05, 0.1) is 7.11 Å². The molecule has 1 unspecified atom stereocenters. The van der Waals surface area contributed by atoms with Gasteiger partial charge in [0.2, 0.25) is 11.8 Å². The van der Waals surface area contributed by atoms with E-state index in [4.69, 9.17) is 4.74 Å². The molecule has 2 aliphatic rings. The first-order valence-electron chi connectivity index (χ1n) is 10.5. The van der Waals surface area contributed by atoms with Crippen LogP contribution in [0.15, 0.2) is 24.3 Å². The molecule has 2 heterocycles. The van der Waals surface area contributed by atoms with Crippen molar-refractivity contribution >= 4 is 17.7 Å². The van der Waals surface area contributed by atoms with Crippen molar-refractivity contribution in [2.45, 2.75) is 45.1 Å². The molecule has 0 aromatic heterocycles. The van der Waals surface area contributed by atoms with Crippen LogP contribution in [0.1, 0.15) is 49.4 Å². The van der Waals surface area contributed by atoms with Crippen LogP contribution in [0.2, 0.25) is 0 Å². The van der Waals surface area contributed by atoms with Gasteiger partial charge in [0.25, 0.3) is 5.91 Å². The van der Waals surface area contributed by atoms with Crippen LogP contribution in [-0.2, 0) is 9.59 Å². The summed E-state index contributed by atoms with van der Waals surface area (Å²) in [5.74, 6) is 0.612. The summed E-state index contributed by atoms with van der Waals surface area (Å²) in [6, 6.07) is 6.33. The van der Waals surface area contributed by atoms with Crippen LogP contribution in [0.3, 0.4) is 0 Å². The number of hydrogen-bond acceptors (Lipinski definition) is 4. The lowest BCUT2D eigenvalue weighted by molar-refractivity contribution is -0.135. The summed E-state index contributed by atoms with van der Waals surface area (Å²) >= 11 is 0. The van der Waals surface area contributed by atoms with Crippen molar-refractivity contribution in [2.75, 3.05) is 33.3 Å². The van der Waals surface area contributed by atoms with Crippen molar-refractivity contribution in [2.24, 2.45) is 5.92 Å². The fraction of sp³-hybridized carbons (Fsp3) is 0.591. The van der Waals surface area contributed by atoms with E-state index in [1.807, 2.05) is 16.7 Å². The number of piperidine rings is 1. The zero-order valence-corrected chi connectivity index (χ0v) is 17.4. The second kappa shape index (κ2) is 9.76. The highest BCUT2D eigenvalue weighted by atomic mass is 16.5. The van der Waals surface area contributed by atoms with Gasteiger partial charge in [0.15, 0.2) is 0 Å². The summed E-state index contributed by atoms with van der Waals surface area (Å²) in [4.78, 5) is 41.7. The standard InChI is InChI=1S/C22H31N3O4/c1-3-19(26)24-14-10-16(11-15-24)20(22(28)25-12-4-5-13-25)23-21(27)17-6-8-18(29-2)9-7-17/h6-9,16,20H,3-5,10-15H2,1-2H3,(H,23,27). The van der Waals surface area contributed by atoms with Gasteiger partial charge < -0.3 is 19.9 Å². The monoisotopic (exact) mass is 401 g/mol. The SMILES string of the molecule is CCC(=O)N1CCC(C(NC(=O)c2ccc(OC)cc2)C(=O)N2CCCC2)CC1. The molecule has 7 heteroatoms.